The number of nitrogens with zero attached hydrogens (tertiary/aromatic N) is 2. The van der Waals surface area contributed by atoms with Crippen LogP contribution in [0.4, 0.5) is 5.00 Å². The molecular weight excluding hydrogens is 398 g/mol. The molecule has 0 unspecified atom stereocenters. The summed E-state index contributed by atoms with van der Waals surface area (Å²) in [5.41, 5.74) is 1.79. The number of para-hydroxylation sites is 2. The van der Waals surface area contributed by atoms with Gasteiger partial charge in [-0.1, -0.05) is 26.0 Å². The zero-order chi connectivity index (χ0) is 21.1. The number of anilines is 1. The van der Waals surface area contributed by atoms with Gasteiger partial charge in [-0.3, -0.25) is 9.69 Å². The molecule has 0 radical (unpaired) electrons. The number of carbonyl (C=O) groups excluding carboxylic acids is 1. The highest BCUT2D eigenvalue weighted by Crippen LogP contribution is 2.39. The molecule has 7 heteroatoms. The lowest BCUT2D eigenvalue weighted by Gasteiger charge is -2.30. The highest BCUT2D eigenvalue weighted by molar-refractivity contribution is 7.16. The summed E-state index contributed by atoms with van der Waals surface area (Å²) in [6.07, 6.45) is 2.89. The van der Waals surface area contributed by atoms with Gasteiger partial charge in [0, 0.05) is 11.4 Å². The zero-order valence-corrected chi connectivity index (χ0v) is 18.3. The Bertz CT molecular complexity index is 965. The van der Waals surface area contributed by atoms with Crippen LogP contribution < -0.4 is 14.8 Å². The van der Waals surface area contributed by atoms with E-state index in [2.05, 4.69) is 18.3 Å². The van der Waals surface area contributed by atoms with Gasteiger partial charge in [-0.15, -0.1) is 11.3 Å². The van der Waals surface area contributed by atoms with Gasteiger partial charge >= 0.3 is 0 Å². The maximum atomic E-state index is 12.7. The van der Waals surface area contributed by atoms with Crippen molar-refractivity contribution < 1.29 is 14.3 Å². The van der Waals surface area contributed by atoms with Crippen LogP contribution in [0.3, 0.4) is 0 Å². The second-order valence-electron chi connectivity index (χ2n) is 8.04. The van der Waals surface area contributed by atoms with Crippen LogP contribution >= 0.6 is 11.3 Å². The molecule has 1 N–H and O–H groups in total. The van der Waals surface area contributed by atoms with E-state index in [4.69, 9.17) is 9.47 Å². The number of benzene rings is 1. The molecule has 1 aliphatic heterocycles. The molecule has 2 atom stereocenters. The maximum Gasteiger partial charge on any atom is 0.239 e. The summed E-state index contributed by atoms with van der Waals surface area (Å²) in [5, 5.41) is 13.3. The first-order valence-corrected chi connectivity index (χ1v) is 11.3. The second kappa shape index (κ2) is 9.07. The number of likely N-dealkylation sites (N-methyl/N-ethyl adjacent to an activating group) is 1. The standard InChI is InChI=1S/C23H27N3O3S/c1-3-26(12-16-14-28-19-6-4-5-7-20(19)29-16)13-22(27)25-23-18(11-24)17-9-8-15(2)10-21(17)30-23/h4-7,15-16H,3,8-10,12-14H2,1-2H3,(H,25,27)/t15-,16-/m0/s1. The largest absolute Gasteiger partial charge is 0.486 e. The molecule has 0 fully saturated rings. The van der Waals surface area contributed by atoms with Crippen molar-refractivity contribution in [2.75, 3.05) is 31.6 Å². The molecule has 1 aromatic heterocycles. The SMILES string of the molecule is CCN(CC(=O)Nc1sc2c(c1C#N)CC[C@H](C)C2)C[C@H]1COc2ccccc2O1. The van der Waals surface area contributed by atoms with Gasteiger partial charge < -0.3 is 14.8 Å². The number of thiophene rings is 1. The van der Waals surface area contributed by atoms with Gasteiger partial charge in [-0.25, -0.2) is 0 Å². The van der Waals surface area contributed by atoms with E-state index in [-0.39, 0.29) is 18.6 Å². The fourth-order valence-corrected chi connectivity index (χ4v) is 5.45. The van der Waals surface area contributed by atoms with Crippen LogP contribution in [0.2, 0.25) is 0 Å². The Hall–Kier alpha value is -2.56. The summed E-state index contributed by atoms with van der Waals surface area (Å²) in [5.74, 6) is 2.03. The van der Waals surface area contributed by atoms with Crippen LogP contribution in [0.5, 0.6) is 11.5 Å². The Balaban J connectivity index is 1.37. The molecule has 1 aromatic carbocycles. The van der Waals surface area contributed by atoms with Crippen LogP contribution in [-0.4, -0.2) is 43.2 Å². The van der Waals surface area contributed by atoms with Crippen LogP contribution in [0.25, 0.3) is 0 Å². The average Bonchev–Trinajstić information content (AvgIpc) is 3.08. The fraction of sp³-hybridized carbons (Fsp3) is 0.478. The average molecular weight is 426 g/mol. The van der Waals surface area contributed by atoms with Gasteiger partial charge in [-0.2, -0.15) is 5.26 Å². The molecule has 0 saturated heterocycles. The van der Waals surface area contributed by atoms with Gasteiger partial charge in [0.1, 0.15) is 23.8 Å². The molecule has 1 amide bonds. The first-order chi connectivity index (χ1) is 14.6. The zero-order valence-electron chi connectivity index (χ0n) is 17.4. The number of fused-ring (bicyclic) bond motifs is 2. The fourth-order valence-electron chi connectivity index (χ4n) is 4.07. The summed E-state index contributed by atoms with van der Waals surface area (Å²) in [7, 11) is 0. The second-order valence-corrected chi connectivity index (χ2v) is 9.15. The number of carbonyl (C=O) groups is 1. The van der Waals surface area contributed by atoms with Crippen molar-refractivity contribution in [3.8, 4) is 17.6 Å². The molecule has 0 bridgehead atoms. The van der Waals surface area contributed by atoms with Crippen molar-refractivity contribution in [3.63, 3.8) is 0 Å². The van der Waals surface area contributed by atoms with Gasteiger partial charge in [0.05, 0.1) is 12.1 Å². The third-order valence-corrected chi connectivity index (χ3v) is 6.89. The van der Waals surface area contributed by atoms with E-state index < -0.39 is 0 Å². The quantitative estimate of drug-likeness (QED) is 0.761. The molecule has 6 nitrogen and oxygen atoms in total. The summed E-state index contributed by atoms with van der Waals surface area (Å²) in [4.78, 5) is 16.0. The lowest BCUT2D eigenvalue weighted by Crippen LogP contribution is -2.43. The smallest absolute Gasteiger partial charge is 0.239 e. The van der Waals surface area contributed by atoms with Crippen molar-refractivity contribution in [3.05, 3.63) is 40.3 Å². The number of hydrogen-bond donors (Lipinski definition) is 1. The van der Waals surface area contributed by atoms with Crippen LogP contribution in [0, 0.1) is 17.2 Å². The number of amides is 1. The normalized spacial score (nSPS) is 19.8. The van der Waals surface area contributed by atoms with Gasteiger partial charge in [0.2, 0.25) is 5.91 Å². The summed E-state index contributed by atoms with van der Waals surface area (Å²) in [6.45, 7) is 6.30. The molecule has 2 aromatic rings. The highest BCUT2D eigenvalue weighted by atomic mass is 32.1. The minimum atomic E-state index is -0.127. The minimum Gasteiger partial charge on any atom is -0.486 e. The number of nitriles is 1. The van der Waals surface area contributed by atoms with Crippen molar-refractivity contribution in [2.45, 2.75) is 39.2 Å². The molecule has 0 saturated carbocycles. The van der Waals surface area contributed by atoms with Gasteiger partial charge in [0.15, 0.2) is 11.5 Å². The van der Waals surface area contributed by atoms with E-state index in [1.165, 1.54) is 4.88 Å². The first kappa shape index (κ1) is 20.7. The highest BCUT2D eigenvalue weighted by Gasteiger charge is 2.26. The van der Waals surface area contributed by atoms with Crippen LogP contribution in [0.15, 0.2) is 24.3 Å². The first-order valence-electron chi connectivity index (χ1n) is 10.5. The molecule has 30 heavy (non-hydrogen) atoms. The number of nitrogens with one attached hydrogen (secondary N) is 1. The number of rotatable bonds is 6. The molecule has 1 aliphatic carbocycles. The summed E-state index contributed by atoms with van der Waals surface area (Å²) >= 11 is 1.56. The third-order valence-electron chi connectivity index (χ3n) is 5.72. The Morgan fingerprint density at radius 3 is 2.93 bits per heavy atom. The lowest BCUT2D eigenvalue weighted by atomic mass is 9.89. The Morgan fingerprint density at radius 2 is 2.17 bits per heavy atom. The molecule has 0 spiro atoms. The molecule has 2 aliphatic rings. The van der Waals surface area contributed by atoms with E-state index in [0.29, 0.717) is 29.6 Å². The topological polar surface area (TPSA) is 74.6 Å². The Morgan fingerprint density at radius 1 is 1.37 bits per heavy atom. The summed E-state index contributed by atoms with van der Waals surface area (Å²) in [6, 6.07) is 9.94. The van der Waals surface area contributed by atoms with Gasteiger partial charge in [-0.05, 0) is 49.4 Å². The van der Waals surface area contributed by atoms with Crippen molar-refractivity contribution >= 4 is 22.2 Å². The lowest BCUT2D eigenvalue weighted by molar-refractivity contribution is -0.117. The minimum absolute atomic E-state index is 0.0999. The predicted molar refractivity (Wildman–Crippen MR) is 117 cm³/mol. The maximum absolute atomic E-state index is 12.7. The monoisotopic (exact) mass is 425 g/mol. The Labute approximate surface area is 181 Å². The molecular formula is C23H27N3O3S. The number of ether oxygens (including phenoxy) is 2. The van der Waals surface area contributed by atoms with Gasteiger partial charge in [0.25, 0.3) is 0 Å². The molecule has 2 heterocycles. The number of hydrogen-bond acceptors (Lipinski definition) is 6. The van der Waals surface area contributed by atoms with E-state index in [9.17, 15) is 10.1 Å². The van der Waals surface area contributed by atoms with E-state index in [1.807, 2.05) is 36.1 Å². The molecule has 4 rings (SSSR count). The van der Waals surface area contributed by atoms with Crippen molar-refractivity contribution in [1.29, 1.82) is 5.26 Å². The summed E-state index contributed by atoms with van der Waals surface area (Å²) < 4.78 is 11.8. The predicted octanol–water partition coefficient (Wildman–Crippen LogP) is 3.84. The van der Waals surface area contributed by atoms with Crippen LogP contribution in [0.1, 0.15) is 36.3 Å². The van der Waals surface area contributed by atoms with E-state index in [0.717, 1.165) is 42.9 Å². The van der Waals surface area contributed by atoms with E-state index in [1.54, 1.807) is 11.3 Å². The van der Waals surface area contributed by atoms with Crippen LogP contribution in [-0.2, 0) is 17.6 Å². The molecule has 158 valence electrons. The van der Waals surface area contributed by atoms with E-state index >= 15 is 0 Å². The van der Waals surface area contributed by atoms with Crippen molar-refractivity contribution in [2.24, 2.45) is 5.92 Å². The third kappa shape index (κ3) is 4.45. The Kier molecular flexibility index (Phi) is 6.26. The van der Waals surface area contributed by atoms with Crippen molar-refractivity contribution in [1.82, 2.24) is 4.90 Å².